The fourth-order valence-corrected chi connectivity index (χ4v) is 3.08. The zero-order valence-electron chi connectivity index (χ0n) is 11.8. The van der Waals surface area contributed by atoms with Gasteiger partial charge in [-0.05, 0) is 43.2 Å². The number of carboxylic acid groups (broad SMARTS) is 1. The largest absolute Gasteiger partial charge is 0.478 e. The molecule has 2 unspecified atom stereocenters. The standard InChI is InChI=1S/C15H20N2O3/c1-9-6-10(2)8-11(7-9)17-14(18)13-12(15(19)20)4-3-5-16-13/h3-5,9-11H,6-8H2,1-2H3,(H,17,18)(H,19,20). The van der Waals surface area contributed by atoms with Crippen molar-refractivity contribution in [2.75, 3.05) is 0 Å². The van der Waals surface area contributed by atoms with E-state index in [2.05, 4.69) is 24.1 Å². The minimum absolute atomic E-state index is 0.00844. The van der Waals surface area contributed by atoms with Crippen molar-refractivity contribution in [3.63, 3.8) is 0 Å². The van der Waals surface area contributed by atoms with Gasteiger partial charge in [0.05, 0.1) is 5.56 Å². The van der Waals surface area contributed by atoms with Crippen LogP contribution in [-0.4, -0.2) is 28.0 Å². The van der Waals surface area contributed by atoms with Gasteiger partial charge in [0.1, 0.15) is 5.69 Å². The summed E-state index contributed by atoms with van der Waals surface area (Å²) >= 11 is 0. The number of carbonyl (C=O) groups is 2. The molecule has 2 rings (SSSR count). The first-order chi connectivity index (χ1) is 9.47. The number of nitrogens with zero attached hydrogens (tertiary/aromatic N) is 1. The van der Waals surface area contributed by atoms with E-state index in [1.807, 2.05) is 0 Å². The summed E-state index contributed by atoms with van der Waals surface area (Å²) in [5, 5.41) is 12.0. The van der Waals surface area contributed by atoms with Crippen molar-refractivity contribution in [3.05, 3.63) is 29.6 Å². The molecular weight excluding hydrogens is 256 g/mol. The van der Waals surface area contributed by atoms with E-state index >= 15 is 0 Å². The average molecular weight is 276 g/mol. The lowest BCUT2D eigenvalue weighted by Crippen LogP contribution is -2.40. The van der Waals surface area contributed by atoms with Crippen LogP contribution in [0.2, 0.25) is 0 Å². The topological polar surface area (TPSA) is 79.3 Å². The third-order valence-corrected chi connectivity index (χ3v) is 3.77. The average Bonchev–Trinajstić information content (AvgIpc) is 2.37. The van der Waals surface area contributed by atoms with Crippen molar-refractivity contribution >= 4 is 11.9 Å². The SMILES string of the molecule is CC1CC(C)CC(NC(=O)c2ncccc2C(=O)O)C1. The number of hydrogen-bond acceptors (Lipinski definition) is 3. The Morgan fingerprint density at radius 2 is 1.90 bits per heavy atom. The van der Waals surface area contributed by atoms with Gasteiger partial charge in [-0.2, -0.15) is 0 Å². The molecule has 20 heavy (non-hydrogen) atoms. The maximum atomic E-state index is 12.2. The first-order valence-corrected chi connectivity index (χ1v) is 6.96. The van der Waals surface area contributed by atoms with Gasteiger partial charge in [0.15, 0.2) is 0 Å². The van der Waals surface area contributed by atoms with Gasteiger partial charge in [0.25, 0.3) is 5.91 Å². The van der Waals surface area contributed by atoms with Crippen LogP contribution < -0.4 is 5.32 Å². The molecule has 1 saturated carbocycles. The van der Waals surface area contributed by atoms with E-state index in [0.717, 1.165) is 12.8 Å². The summed E-state index contributed by atoms with van der Waals surface area (Å²) < 4.78 is 0. The lowest BCUT2D eigenvalue weighted by atomic mass is 9.80. The Labute approximate surface area is 118 Å². The summed E-state index contributed by atoms with van der Waals surface area (Å²) in [5.41, 5.74) is -0.0622. The van der Waals surface area contributed by atoms with Crippen LogP contribution in [0.25, 0.3) is 0 Å². The van der Waals surface area contributed by atoms with E-state index in [1.165, 1.54) is 24.8 Å². The van der Waals surface area contributed by atoms with Gasteiger partial charge in [-0.25, -0.2) is 4.79 Å². The second-order valence-electron chi connectivity index (χ2n) is 5.79. The van der Waals surface area contributed by atoms with Crippen LogP contribution in [0.5, 0.6) is 0 Å². The van der Waals surface area contributed by atoms with Crippen molar-refractivity contribution in [2.24, 2.45) is 11.8 Å². The van der Waals surface area contributed by atoms with E-state index < -0.39 is 11.9 Å². The molecule has 1 fully saturated rings. The van der Waals surface area contributed by atoms with E-state index in [9.17, 15) is 9.59 Å². The second kappa shape index (κ2) is 6.03. The molecule has 5 heteroatoms. The van der Waals surface area contributed by atoms with Gasteiger partial charge < -0.3 is 10.4 Å². The highest BCUT2D eigenvalue weighted by atomic mass is 16.4. The number of nitrogens with one attached hydrogen (secondary N) is 1. The number of pyridine rings is 1. The van der Waals surface area contributed by atoms with Crippen molar-refractivity contribution in [3.8, 4) is 0 Å². The highest BCUT2D eigenvalue weighted by Gasteiger charge is 2.27. The predicted molar refractivity (Wildman–Crippen MR) is 74.6 cm³/mol. The number of hydrogen-bond donors (Lipinski definition) is 2. The summed E-state index contributed by atoms with van der Waals surface area (Å²) in [5.74, 6) is -0.374. The van der Waals surface area contributed by atoms with E-state index in [1.54, 1.807) is 0 Å². The van der Waals surface area contributed by atoms with Crippen LogP contribution in [0.3, 0.4) is 0 Å². The van der Waals surface area contributed by atoms with Crippen molar-refractivity contribution in [2.45, 2.75) is 39.2 Å². The van der Waals surface area contributed by atoms with Gasteiger partial charge in [-0.3, -0.25) is 9.78 Å². The monoisotopic (exact) mass is 276 g/mol. The number of carboxylic acids is 1. The Balaban J connectivity index is 2.10. The molecule has 1 aromatic rings. The quantitative estimate of drug-likeness (QED) is 0.888. The molecule has 108 valence electrons. The zero-order valence-corrected chi connectivity index (χ0v) is 11.8. The van der Waals surface area contributed by atoms with Gasteiger partial charge in [-0.1, -0.05) is 13.8 Å². The molecule has 1 amide bonds. The minimum Gasteiger partial charge on any atom is -0.478 e. The molecule has 0 bridgehead atoms. The third-order valence-electron chi connectivity index (χ3n) is 3.77. The molecule has 0 aromatic carbocycles. The Bertz CT molecular complexity index is 506. The van der Waals surface area contributed by atoms with E-state index in [-0.39, 0.29) is 17.3 Å². The van der Waals surface area contributed by atoms with Crippen LogP contribution in [-0.2, 0) is 0 Å². The molecule has 1 aliphatic carbocycles. The maximum Gasteiger partial charge on any atom is 0.338 e. The number of amides is 1. The normalized spacial score (nSPS) is 26.0. The molecule has 0 aliphatic heterocycles. The number of aromatic nitrogens is 1. The van der Waals surface area contributed by atoms with Crippen molar-refractivity contribution in [1.29, 1.82) is 0 Å². The van der Waals surface area contributed by atoms with Gasteiger partial charge in [-0.15, -0.1) is 0 Å². The zero-order chi connectivity index (χ0) is 14.7. The summed E-state index contributed by atoms with van der Waals surface area (Å²) in [6, 6.07) is 3.02. The molecule has 0 saturated heterocycles. The van der Waals surface area contributed by atoms with Gasteiger partial charge in [0, 0.05) is 12.2 Å². The minimum atomic E-state index is -1.13. The van der Waals surface area contributed by atoms with Crippen LogP contribution in [0.15, 0.2) is 18.3 Å². The molecule has 2 atom stereocenters. The molecule has 5 nitrogen and oxygen atoms in total. The third kappa shape index (κ3) is 3.35. The lowest BCUT2D eigenvalue weighted by molar-refractivity contribution is 0.0688. The molecule has 1 aliphatic rings. The molecule has 0 spiro atoms. The van der Waals surface area contributed by atoms with Crippen LogP contribution >= 0.6 is 0 Å². The van der Waals surface area contributed by atoms with Crippen LogP contribution in [0, 0.1) is 11.8 Å². The van der Waals surface area contributed by atoms with Gasteiger partial charge >= 0.3 is 5.97 Å². The summed E-state index contributed by atoms with van der Waals surface area (Å²) in [6.45, 7) is 4.36. The molecule has 1 aromatic heterocycles. The summed E-state index contributed by atoms with van der Waals surface area (Å²) in [7, 11) is 0. The predicted octanol–water partition coefficient (Wildman–Crippen LogP) is 2.33. The molecular formula is C15H20N2O3. The fraction of sp³-hybridized carbons (Fsp3) is 0.533. The van der Waals surface area contributed by atoms with Crippen LogP contribution in [0.4, 0.5) is 0 Å². The van der Waals surface area contributed by atoms with Crippen molar-refractivity contribution < 1.29 is 14.7 Å². The Hall–Kier alpha value is -1.91. The second-order valence-corrected chi connectivity index (χ2v) is 5.79. The molecule has 1 heterocycles. The Morgan fingerprint density at radius 3 is 2.50 bits per heavy atom. The van der Waals surface area contributed by atoms with E-state index in [4.69, 9.17) is 5.11 Å². The van der Waals surface area contributed by atoms with Crippen molar-refractivity contribution in [1.82, 2.24) is 10.3 Å². The fourth-order valence-electron chi connectivity index (χ4n) is 3.08. The Morgan fingerprint density at radius 1 is 1.25 bits per heavy atom. The number of rotatable bonds is 3. The molecule has 0 radical (unpaired) electrons. The van der Waals surface area contributed by atoms with Gasteiger partial charge in [0.2, 0.25) is 0 Å². The van der Waals surface area contributed by atoms with E-state index in [0.29, 0.717) is 11.8 Å². The number of aromatic carboxylic acids is 1. The highest BCUT2D eigenvalue weighted by molar-refractivity contribution is 6.03. The van der Waals surface area contributed by atoms with Crippen LogP contribution in [0.1, 0.15) is 54.0 Å². The number of carbonyl (C=O) groups excluding carboxylic acids is 1. The summed E-state index contributed by atoms with van der Waals surface area (Å²) in [6.07, 6.45) is 4.49. The Kier molecular flexibility index (Phi) is 4.37. The lowest BCUT2D eigenvalue weighted by Gasteiger charge is -2.31. The smallest absolute Gasteiger partial charge is 0.338 e. The highest BCUT2D eigenvalue weighted by Crippen LogP contribution is 2.28. The maximum absolute atomic E-state index is 12.2. The summed E-state index contributed by atoms with van der Waals surface area (Å²) in [4.78, 5) is 27.2. The molecule has 2 N–H and O–H groups in total. The first-order valence-electron chi connectivity index (χ1n) is 6.96. The first kappa shape index (κ1) is 14.5.